The van der Waals surface area contributed by atoms with E-state index in [9.17, 15) is 0 Å². The molecule has 2 rings (SSSR count). The second kappa shape index (κ2) is 10.1. The van der Waals surface area contributed by atoms with Crippen molar-refractivity contribution in [3.05, 3.63) is 71.3 Å². The highest BCUT2D eigenvalue weighted by atomic mass is 14.9. The lowest BCUT2D eigenvalue weighted by Gasteiger charge is -2.24. The molecule has 0 amide bonds. The van der Waals surface area contributed by atoms with Crippen LogP contribution < -0.4 is 11.5 Å². The molecule has 2 aromatic heterocycles. The number of hydrogen-bond donors (Lipinski definition) is 2. The molecule has 6 heteroatoms. The number of nitrogens with zero attached hydrogens (tertiary/aromatic N) is 4. The minimum atomic E-state index is -0.433. The Morgan fingerprint density at radius 1 is 0.667 bits per heavy atom. The first-order valence-electron chi connectivity index (χ1n) is 11.2. The van der Waals surface area contributed by atoms with Gasteiger partial charge in [-0.3, -0.25) is 0 Å². The van der Waals surface area contributed by atoms with Crippen molar-refractivity contribution in [2.45, 2.75) is 60.8 Å². The van der Waals surface area contributed by atoms with E-state index in [0.29, 0.717) is 11.6 Å². The highest BCUT2D eigenvalue weighted by Crippen LogP contribution is 2.31. The first kappa shape index (κ1) is 26.0. The number of pyridine rings is 2. The molecule has 0 fully saturated rings. The van der Waals surface area contributed by atoms with Gasteiger partial charge in [-0.1, -0.05) is 53.7 Å². The molecular weight excluding hydrogens is 408 g/mol. The molecule has 2 heterocycles. The van der Waals surface area contributed by atoms with Crippen molar-refractivity contribution in [1.29, 1.82) is 0 Å². The van der Waals surface area contributed by atoms with Crippen LogP contribution in [0.2, 0.25) is 0 Å². The van der Waals surface area contributed by atoms with E-state index in [1.165, 1.54) is 0 Å². The predicted octanol–water partition coefficient (Wildman–Crippen LogP) is 5.98. The standard InChI is InChI=1S/C27H38N6/c1-25(2,3)19(28)15-17-30-23-13-9-11-21(32-23)27(7,8)22-12-10-14-24(33-22)31-18-16-20(29)26(4,5)6/h9-18H,28-29H2,1-8H3. The molecule has 6 nitrogen and oxygen atoms in total. The van der Waals surface area contributed by atoms with E-state index in [-0.39, 0.29) is 10.8 Å². The number of aromatic nitrogens is 2. The topological polar surface area (TPSA) is 103 Å². The molecule has 0 saturated carbocycles. The van der Waals surface area contributed by atoms with Gasteiger partial charge in [0.2, 0.25) is 0 Å². The van der Waals surface area contributed by atoms with Crippen molar-refractivity contribution in [2.75, 3.05) is 0 Å². The summed E-state index contributed by atoms with van der Waals surface area (Å²) in [5.41, 5.74) is 14.8. The van der Waals surface area contributed by atoms with Gasteiger partial charge in [0.05, 0.1) is 11.4 Å². The van der Waals surface area contributed by atoms with Crippen LogP contribution >= 0.6 is 0 Å². The number of aliphatic imine (C=N–C) groups is 2. The molecule has 0 aliphatic carbocycles. The second-order valence-corrected chi connectivity index (χ2v) is 10.7. The van der Waals surface area contributed by atoms with Gasteiger partial charge in [0.15, 0.2) is 11.6 Å². The van der Waals surface area contributed by atoms with E-state index in [0.717, 1.165) is 22.8 Å². The van der Waals surface area contributed by atoms with Gasteiger partial charge < -0.3 is 11.5 Å². The van der Waals surface area contributed by atoms with E-state index >= 15 is 0 Å². The van der Waals surface area contributed by atoms with E-state index < -0.39 is 5.41 Å². The highest BCUT2D eigenvalue weighted by molar-refractivity contribution is 5.75. The molecule has 176 valence electrons. The van der Waals surface area contributed by atoms with Gasteiger partial charge in [-0.25, -0.2) is 20.0 Å². The average molecular weight is 447 g/mol. The molecule has 0 atom stereocenters. The number of hydrogen-bond acceptors (Lipinski definition) is 6. The summed E-state index contributed by atoms with van der Waals surface area (Å²) in [5.74, 6) is 1.24. The van der Waals surface area contributed by atoms with Gasteiger partial charge in [-0.05, 0) is 50.3 Å². The lowest BCUT2D eigenvalue weighted by Crippen LogP contribution is -2.22. The van der Waals surface area contributed by atoms with Crippen LogP contribution in [0.3, 0.4) is 0 Å². The summed E-state index contributed by atoms with van der Waals surface area (Å²) in [6, 6.07) is 11.6. The molecule has 0 saturated heterocycles. The summed E-state index contributed by atoms with van der Waals surface area (Å²) in [6.45, 7) is 16.6. The van der Waals surface area contributed by atoms with Crippen LogP contribution in [0.25, 0.3) is 0 Å². The number of allylic oxidation sites excluding steroid dienone is 4. The average Bonchev–Trinajstić information content (AvgIpc) is 2.72. The van der Waals surface area contributed by atoms with Crippen LogP contribution in [0.15, 0.2) is 69.9 Å². The van der Waals surface area contributed by atoms with Crippen molar-refractivity contribution in [2.24, 2.45) is 32.3 Å². The molecule has 0 aromatic carbocycles. The SMILES string of the molecule is CC(C)(C)C(N)=CC=Nc1cccc(C(C)(C)c2cccc(N=CC=C(N)C(C)(C)C)n2)n1. The maximum Gasteiger partial charge on any atom is 0.152 e. The third-order valence-electron chi connectivity index (χ3n) is 5.40. The zero-order valence-electron chi connectivity index (χ0n) is 21.2. The quantitative estimate of drug-likeness (QED) is 0.532. The van der Waals surface area contributed by atoms with E-state index in [1.807, 2.05) is 48.6 Å². The minimum absolute atomic E-state index is 0.100. The van der Waals surface area contributed by atoms with Crippen LogP contribution in [0, 0.1) is 10.8 Å². The lowest BCUT2D eigenvalue weighted by molar-refractivity contribution is 0.498. The van der Waals surface area contributed by atoms with Crippen LogP contribution in [0.4, 0.5) is 11.6 Å². The summed E-state index contributed by atoms with van der Waals surface area (Å²) < 4.78 is 0. The smallest absolute Gasteiger partial charge is 0.152 e. The normalized spacial score (nSPS) is 14.4. The van der Waals surface area contributed by atoms with E-state index in [1.54, 1.807) is 12.4 Å². The molecular formula is C27H38N6. The first-order valence-corrected chi connectivity index (χ1v) is 11.2. The Balaban J connectivity index is 2.28. The van der Waals surface area contributed by atoms with Gasteiger partial charge in [0.1, 0.15) is 0 Å². The van der Waals surface area contributed by atoms with Crippen molar-refractivity contribution < 1.29 is 0 Å². The van der Waals surface area contributed by atoms with Gasteiger partial charge in [0, 0.05) is 40.1 Å². The fraction of sp³-hybridized carbons (Fsp3) is 0.407. The van der Waals surface area contributed by atoms with E-state index in [4.69, 9.17) is 21.4 Å². The summed E-state index contributed by atoms with van der Waals surface area (Å²) in [5, 5.41) is 0. The molecule has 0 unspecified atom stereocenters. The summed E-state index contributed by atoms with van der Waals surface area (Å²) in [6.07, 6.45) is 7.04. The molecule has 0 aliphatic rings. The van der Waals surface area contributed by atoms with Crippen molar-refractivity contribution in [3.8, 4) is 0 Å². The summed E-state index contributed by atoms with van der Waals surface area (Å²) >= 11 is 0. The van der Waals surface area contributed by atoms with Crippen LogP contribution in [-0.2, 0) is 5.41 Å². The monoisotopic (exact) mass is 446 g/mol. The maximum absolute atomic E-state index is 6.10. The van der Waals surface area contributed by atoms with Crippen LogP contribution in [-0.4, -0.2) is 22.4 Å². The van der Waals surface area contributed by atoms with Gasteiger partial charge in [0.25, 0.3) is 0 Å². The Morgan fingerprint density at radius 3 is 1.36 bits per heavy atom. The second-order valence-electron chi connectivity index (χ2n) is 10.7. The predicted molar refractivity (Wildman–Crippen MR) is 140 cm³/mol. The Labute approximate surface area is 198 Å². The molecule has 0 spiro atoms. The summed E-state index contributed by atoms with van der Waals surface area (Å²) in [4.78, 5) is 18.4. The third-order valence-corrected chi connectivity index (χ3v) is 5.40. The molecule has 2 aromatic rings. The minimum Gasteiger partial charge on any atom is -0.402 e. The molecule has 0 radical (unpaired) electrons. The zero-order chi connectivity index (χ0) is 24.9. The van der Waals surface area contributed by atoms with Crippen molar-refractivity contribution >= 4 is 24.1 Å². The Morgan fingerprint density at radius 2 is 1.03 bits per heavy atom. The van der Waals surface area contributed by atoms with E-state index in [2.05, 4.69) is 65.4 Å². The van der Waals surface area contributed by atoms with Gasteiger partial charge >= 0.3 is 0 Å². The molecule has 33 heavy (non-hydrogen) atoms. The zero-order valence-corrected chi connectivity index (χ0v) is 21.2. The largest absolute Gasteiger partial charge is 0.402 e. The van der Waals surface area contributed by atoms with Crippen LogP contribution in [0.5, 0.6) is 0 Å². The lowest BCUT2D eigenvalue weighted by atomic mass is 9.84. The first-order chi connectivity index (χ1) is 15.2. The maximum atomic E-state index is 6.10. The molecule has 0 aliphatic heterocycles. The Bertz CT molecular complexity index is 991. The molecule has 0 bridgehead atoms. The Kier molecular flexibility index (Phi) is 7.96. The van der Waals surface area contributed by atoms with Crippen molar-refractivity contribution in [3.63, 3.8) is 0 Å². The van der Waals surface area contributed by atoms with Gasteiger partial charge in [-0.15, -0.1) is 0 Å². The van der Waals surface area contributed by atoms with Gasteiger partial charge in [-0.2, -0.15) is 0 Å². The third kappa shape index (κ3) is 7.38. The van der Waals surface area contributed by atoms with Crippen LogP contribution in [0.1, 0.15) is 66.8 Å². The summed E-state index contributed by atoms with van der Waals surface area (Å²) in [7, 11) is 0. The number of rotatable bonds is 6. The Hall–Kier alpha value is -3.28. The molecule has 4 N–H and O–H groups in total. The van der Waals surface area contributed by atoms with Crippen molar-refractivity contribution in [1.82, 2.24) is 9.97 Å². The fourth-order valence-corrected chi connectivity index (χ4v) is 2.71. The highest BCUT2D eigenvalue weighted by Gasteiger charge is 2.26. The number of nitrogens with two attached hydrogens (primary N) is 2. The fourth-order valence-electron chi connectivity index (χ4n) is 2.71.